The van der Waals surface area contributed by atoms with Crippen LogP contribution in [-0.4, -0.2) is 11.1 Å². The van der Waals surface area contributed by atoms with Crippen molar-refractivity contribution in [2.24, 2.45) is 0 Å². The average Bonchev–Trinajstić information content (AvgIpc) is 2.09. The van der Waals surface area contributed by atoms with E-state index < -0.39 is 0 Å². The number of aromatic nitrogens is 1. The highest BCUT2D eigenvalue weighted by Gasteiger charge is 2.02. The van der Waals surface area contributed by atoms with E-state index in [1.54, 1.807) is 6.20 Å². The number of nitrogens with zero attached hydrogens (tertiary/aromatic N) is 1. The molecule has 0 bridgehead atoms. The molecule has 0 aliphatic rings. The molecule has 1 heterocycles. The van der Waals surface area contributed by atoms with E-state index in [-0.39, 0.29) is 6.10 Å². The van der Waals surface area contributed by atoms with Gasteiger partial charge >= 0.3 is 0 Å². The average molecular weight is 244 g/mol. The summed E-state index contributed by atoms with van der Waals surface area (Å²) in [5.41, 5.74) is 0. The predicted octanol–water partition coefficient (Wildman–Crippen LogP) is 3.41. The lowest BCUT2D eigenvalue weighted by atomic mass is 10.2. The van der Waals surface area contributed by atoms with Crippen LogP contribution in [0.1, 0.15) is 26.7 Å². The minimum Gasteiger partial charge on any atom is -0.475 e. The van der Waals surface area contributed by atoms with E-state index in [1.807, 2.05) is 12.1 Å². The number of halogens is 1. The molecule has 0 radical (unpaired) electrons. The molecule has 72 valence electrons. The summed E-state index contributed by atoms with van der Waals surface area (Å²) in [6.45, 7) is 4.21. The first-order valence-electron chi connectivity index (χ1n) is 4.50. The fourth-order valence-corrected chi connectivity index (χ4v) is 1.34. The van der Waals surface area contributed by atoms with E-state index in [0.29, 0.717) is 5.88 Å². The van der Waals surface area contributed by atoms with Gasteiger partial charge in [-0.2, -0.15) is 0 Å². The van der Waals surface area contributed by atoms with Crippen molar-refractivity contribution in [2.45, 2.75) is 32.8 Å². The van der Waals surface area contributed by atoms with Crippen LogP contribution in [0, 0.1) is 0 Å². The first kappa shape index (κ1) is 10.5. The minimum atomic E-state index is 0.249. The molecule has 2 nitrogen and oxygen atoms in total. The first-order chi connectivity index (χ1) is 6.22. The molecule has 0 fully saturated rings. The van der Waals surface area contributed by atoms with Crippen LogP contribution >= 0.6 is 15.9 Å². The second-order valence-corrected chi connectivity index (χ2v) is 3.95. The summed E-state index contributed by atoms with van der Waals surface area (Å²) in [5, 5.41) is 0. The van der Waals surface area contributed by atoms with Crippen molar-refractivity contribution >= 4 is 15.9 Å². The summed E-state index contributed by atoms with van der Waals surface area (Å²) in [5.74, 6) is 0.698. The van der Waals surface area contributed by atoms with E-state index in [2.05, 4.69) is 34.8 Å². The van der Waals surface area contributed by atoms with Crippen LogP contribution in [0.4, 0.5) is 0 Å². The molecule has 0 N–H and O–H groups in total. The molecule has 0 aliphatic carbocycles. The van der Waals surface area contributed by atoms with E-state index in [4.69, 9.17) is 4.74 Å². The van der Waals surface area contributed by atoms with Crippen LogP contribution in [-0.2, 0) is 0 Å². The molecule has 0 amide bonds. The van der Waals surface area contributed by atoms with Crippen LogP contribution < -0.4 is 4.74 Å². The first-order valence-corrected chi connectivity index (χ1v) is 5.30. The highest BCUT2D eigenvalue weighted by Crippen LogP contribution is 2.14. The van der Waals surface area contributed by atoms with Gasteiger partial charge in [-0.3, -0.25) is 0 Å². The summed E-state index contributed by atoms with van der Waals surface area (Å²) in [4.78, 5) is 4.13. The fourth-order valence-electron chi connectivity index (χ4n) is 1.10. The number of hydrogen-bond acceptors (Lipinski definition) is 2. The Bertz CT molecular complexity index is 248. The third-order valence-corrected chi connectivity index (χ3v) is 2.19. The van der Waals surface area contributed by atoms with Gasteiger partial charge in [0.15, 0.2) is 0 Å². The summed E-state index contributed by atoms with van der Waals surface area (Å²) in [7, 11) is 0. The molecule has 0 saturated carbocycles. The van der Waals surface area contributed by atoms with Crippen LogP contribution in [0.2, 0.25) is 0 Å². The van der Waals surface area contributed by atoms with E-state index >= 15 is 0 Å². The Labute approximate surface area is 87.5 Å². The van der Waals surface area contributed by atoms with Crippen molar-refractivity contribution in [1.82, 2.24) is 4.98 Å². The highest BCUT2D eigenvalue weighted by atomic mass is 79.9. The monoisotopic (exact) mass is 243 g/mol. The Morgan fingerprint density at radius 1 is 1.54 bits per heavy atom. The van der Waals surface area contributed by atoms with Gasteiger partial charge in [0.2, 0.25) is 5.88 Å². The minimum absolute atomic E-state index is 0.249. The smallest absolute Gasteiger partial charge is 0.213 e. The van der Waals surface area contributed by atoms with E-state index in [9.17, 15) is 0 Å². The maximum Gasteiger partial charge on any atom is 0.213 e. The molecule has 1 rings (SSSR count). The lowest BCUT2D eigenvalue weighted by molar-refractivity contribution is 0.201. The fraction of sp³-hybridized carbons (Fsp3) is 0.500. The summed E-state index contributed by atoms with van der Waals surface area (Å²) in [6, 6.07) is 3.80. The van der Waals surface area contributed by atoms with Gasteiger partial charge in [0, 0.05) is 16.7 Å². The standard InChI is InChI=1S/C10H14BrNO/c1-3-4-8(2)13-10-6-5-9(11)7-12-10/h5-8H,3-4H2,1-2H3. The SMILES string of the molecule is CCCC(C)Oc1ccc(Br)cn1. The van der Waals surface area contributed by atoms with Crippen molar-refractivity contribution in [3.63, 3.8) is 0 Å². The van der Waals surface area contributed by atoms with E-state index in [1.165, 1.54) is 0 Å². The molecule has 0 saturated heterocycles. The molecule has 1 unspecified atom stereocenters. The molecule has 1 aromatic heterocycles. The molecular formula is C10H14BrNO. The molecule has 0 spiro atoms. The summed E-state index contributed by atoms with van der Waals surface area (Å²) >= 11 is 3.32. The third kappa shape index (κ3) is 3.77. The van der Waals surface area contributed by atoms with Crippen molar-refractivity contribution < 1.29 is 4.74 Å². The van der Waals surface area contributed by atoms with E-state index in [0.717, 1.165) is 17.3 Å². The molecule has 0 aliphatic heterocycles. The Morgan fingerprint density at radius 3 is 2.85 bits per heavy atom. The van der Waals surface area contributed by atoms with Crippen molar-refractivity contribution in [3.8, 4) is 5.88 Å². The second kappa shape index (κ2) is 5.22. The number of ether oxygens (including phenoxy) is 1. The quantitative estimate of drug-likeness (QED) is 0.809. The van der Waals surface area contributed by atoms with Gasteiger partial charge in [0.25, 0.3) is 0 Å². The molecule has 13 heavy (non-hydrogen) atoms. The largest absolute Gasteiger partial charge is 0.475 e. The Kier molecular flexibility index (Phi) is 4.22. The molecule has 1 aromatic rings. The second-order valence-electron chi connectivity index (χ2n) is 3.03. The number of hydrogen-bond donors (Lipinski definition) is 0. The maximum atomic E-state index is 5.58. The third-order valence-electron chi connectivity index (χ3n) is 1.72. The van der Waals surface area contributed by atoms with Gasteiger partial charge in [-0.05, 0) is 35.3 Å². The predicted molar refractivity (Wildman–Crippen MR) is 56.9 cm³/mol. The topological polar surface area (TPSA) is 22.1 Å². The number of pyridine rings is 1. The van der Waals surface area contributed by atoms with Crippen LogP contribution in [0.5, 0.6) is 5.88 Å². The zero-order valence-electron chi connectivity index (χ0n) is 7.96. The zero-order chi connectivity index (χ0) is 9.68. The lowest BCUT2D eigenvalue weighted by Gasteiger charge is -2.12. The van der Waals surface area contributed by atoms with Crippen molar-refractivity contribution in [2.75, 3.05) is 0 Å². The molecule has 1 atom stereocenters. The number of rotatable bonds is 4. The van der Waals surface area contributed by atoms with Crippen LogP contribution in [0.15, 0.2) is 22.8 Å². The van der Waals surface area contributed by atoms with Gasteiger partial charge < -0.3 is 4.74 Å². The van der Waals surface area contributed by atoms with Gasteiger partial charge in [-0.15, -0.1) is 0 Å². The molecule has 3 heteroatoms. The summed E-state index contributed by atoms with van der Waals surface area (Å²) < 4.78 is 6.55. The molecule has 0 aromatic carbocycles. The highest BCUT2D eigenvalue weighted by molar-refractivity contribution is 9.10. The van der Waals surface area contributed by atoms with Crippen LogP contribution in [0.25, 0.3) is 0 Å². The van der Waals surface area contributed by atoms with Crippen molar-refractivity contribution in [1.29, 1.82) is 0 Å². The Hall–Kier alpha value is -0.570. The van der Waals surface area contributed by atoms with Gasteiger partial charge in [0.1, 0.15) is 0 Å². The maximum absolute atomic E-state index is 5.58. The van der Waals surface area contributed by atoms with Crippen molar-refractivity contribution in [3.05, 3.63) is 22.8 Å². The molecular weight excluding hydrogens is 230 g/mol. The Balaban J connectivity index is 2.49. The zero-order valence-corrected chi connectivity index (χ0v) is 9.54. The normalized spacial score (nSPS) is 12.5. The van der Waals surface area contributed by atoms with Gasteiger partial charge in [-0.1, -0.05) is 13.3 Å². The van der Waals surface area contributed by atoms with Gasteiger partial charge in [0.05, 0.1) is 6.10 Å². The van der Waals surface area contributed by atoms with Crippen LogP contribution in [0.3, 0.4) is 0 Å². The van der Waals surface area contributed by atoms with Gasteiger partial charge in [-0.25, -0.2) is 4.98 Å². The Morgan fingerprint density at radius 2 is 2.31 bits per heavy atom. The summed E-state index contributed by atoms with van der Waals surface area (Å²) in [6.07, 6.45) is 4.20. The lowest BCUT2D eigenvalue weighted by Crippen LogP contribution is -2.11.